The van der Waals surface area contributed by atoms with E-state index in [1.807, 2.05) is 0 Å². The summed E-state index contributed by atoms with van der Waals surface area (Å²) < 4.78 is 4.67. The first-order chi connectivity index (χ1) is 4.16. The third kappa shape index (κ3) is 4.61. The fourth-order valence-corrected chi connectivity index (χ4v) is 0.223. The highest BCUT2D eigenvalue weighted by molar-refractivity contribution is 5.75. The van der Waals surface area contributed by atoms with Gasteiger partial charge in [0, 0.05) is 0 Å². The number of carbonyl (C=O) groups is 1. The van der Waals surface area contributed by atoms with Gasteiger partial charge in [-0.1, -0.05) is 13.2 Å². The summed E-state index contributed by atoms with van der Waals surface area (Å²) in [7, 11) is 0. The Labute approximate surface area is 53.8 Å². The zero-order valence-corrected chi connectivity index (χ0v) is 5.09. The molecule has 0 aliphatic heterocycles. The number of carbonyl (C=O) groups excluding carboxylic acids is 1. The maximum atomic E-state index is 10.0. The van der Waals surface area contributed by atoms with Crippen molar-refractivity contribution in [1.82, 2.24) is 0 Å². The first-order valence-corrected chi connectivity index (χ1v) is 2.39. The molecule has 0 aromatic rings. The molecular weight excluding hydrogens is 118 g/mol. The van der Waals surface area contributed by atoms with Gasteiger partial charge in [0.15, 0.2) is 6.61 Å². The molecule has 0 spiro atoms. The highest BCUT2D eigenvalue weighted by atomic mass is 16.5. The highest BCUT2D eigenvalue weighted by Crippen LogP contribution is 1.90. The minimum atomic E-state index is -0.516. The van der Waals surface area contributed by atoms with Crippen molar-refractivity contribution in [3.05, 3.63) is 25.0 Å². The largest absolute Gasteiger partial charge is 0.484 e. The van der Waals surface area contributed by atoms with Crippen LogP contribution in [0.3, 0.4) is 0 Å². The molecule has 0 unspecified atom stereocenters. The van der Waals surface area contributed by atoms with Crippen molar-refractivity contribution in [2.75, 3.05) is 6.61 Å². The quantitative estimate of drug-likeness (QED) is 0.433. The number of hydrogen-bond acceptors (Lipinski definition) is 2. The zero-order valence-electron chi connectivity index (χ0n) is 5.09. The van der Waals surface area contributed by atoms with Crippen molar-refractivity contribution in [3.63, 3.8) is 0 Å². The lowest BCUT2D eigenvalue weighted by atomic mass is 10.5. The first kappa shape index (κ1) is 7.75. The molecule has 0 bridgehead atoms. The van der Waals surface area contributed by atoms with Gasteiger partial charge in [-0.2, -0.15) is 0 Å². The van der Waals surface area contributed by atoms with Crippen LogP contribution >= 0.6 is 0 Å². The van der Waals surface area contributed by atoms with E-state index in [2.05, 4.69) is 17.9 Å². The summed E-state index contributed by atoms with van der Waals surface area (Å²) in [4.78, 5) is 10.0. The highest BCUT2D eigenvalue weighted by Gasteiger charge is 1.92. The number of amides is 1. The summed E-state index contributed by atoms with van der Waals surface area (Å²) in [5.41, 5.74) is 4.76. The number of primary amides is 1. The van der Waals surface area contributed by atoms with E-state index in [9.17, 15) is 4.79 Å². The van der Waals surface area contributed by atoms with Crippen molar-refractivity contribution in [2.45, 2.75) is 0 Å². The van der Waals surface area contributed by atoms with E-state index in [1.165, 1.54) is 6.08 Å². The number of allylic oxidation sites excluding steroid dienone is 1. The molecule has 50 valence electrons. The van der Waals surface area contributed by atoms with Crippen LogP contribution in [0.25, 0.3) is 0 Å². The fourth-order valence-electron chi connectivity index (χ4n) is 0.223. The monoisotopic (exact) mass is 127 g/mol. The van der Waals surface area contributed by atoms with Crippen LogP contribution in [-0.2, 0) is 9.53 Å². The SMILES string of the molecule is C=CC(=C)OCC(N)=O. The number of ether oxygens (including phenoxy) is 1. The van der Waals surface area contributed by atoms with E-state index in [1.54, 1.807) is 0 Å². The van der Waals surface area contributed by atoms with Crippen molar-refractivity contribution in [3.8, 4) is 0 Å². The summed E-state index contributed by atoms with van der Waals surface area (Å²) in [5.74, 6) is -0.160. The predicted octanol–water partition coefficient (Wildman–Crippen LogP) is 0.188. The van der Waals surface area contributed by atoms with Crippen LogP contribution in [0, 0.1) is 0 Å². The van der Waals surface area contributed by atoms with Crippen LogP contribution in [0.15, 0.2) is 25.0 Å². The van der Waals surface area contributed by atoms with E-state index in [4.69, 9.17) is 5.73 Å². The van der Waals surface area contributed by atoms with E-state index < -0.39 is 5.91 Å². The molecule has 0 radical (unpaired) electrons. The maximum absolute atomic E-state index is 10.0. The number of hydrogen-bond donors (Lipinski definition) is 1. The van der Waals surface area contributed by atoms with Crippen LogP contribution < -0.4 is 5.73 Å². The molecule has 0 fully saturated rings. The van der Waals surface area contributed by atoms with Crippen molar-refractivity contribution in [1.29, 1.82) is 0 Å². The van der Waals surface area contributed by atoms with Crippen LogP contribution in [0.5, 0.6) is 0 Å². The van der Waals surface area contributed by atoms with Gasteiger partial charge >= 0.3 is 0 Å². The van der Waals surface area contributed by atoms with Gasteiger partial charge in [-0.25, -0.2) is 0 Å². The summed E-state index contributed by atoms with van der Waals surface area (Å²) in [6, 6.07) is 0. The Kier molecular flexibility index (Phi) is 3.20. The van der Waals surface area contributed by atoms with E-state index in [0.717, 1.165) is 0 Å². The standard InChI is InChI=1S/C6H9NO2/c1-3-5(2)9-4-6(7)8/h3H,1-2,4H2,(H2,7,8). The minimum Gasteiger partial charge on any atom is -0.484 e. The molecule has 0 atom stereocenters. The smallest absolute Gasteiger partial charge is 0.255 e. The van der Waals surface area contributed by atoms with Crippen molar-refractivity contribution >= 4 is 5.91 Å². The third-order valence-corrected chi connectivity index (χ3v) is 0.627. The summed E-state index contributed by atoms with van der Waals surface area (Å²) in [5, 5.41) is 0. The van der Waals surface area contributed by atoms with Crippen molar-refractivity contribution in [2.24, 2.45) is 5.73 Å². The number of rotatable bonds is 4. The van der Waals surface area contributed by atoms with Crippen LogP contribution in [-0.4, -0.2) is 12.5 Å². The van der Waals surface area contributed by atoms with Crippen molar-refractivity contribution < 1.29 is 9.53 Å². The molecule has 1 amide bonds. The molecule has 0 rings (SSSR count). The van der Waals surface area contributed by atoms with Crippen LogP contribution in [0.1, 0.15) is 0 Å². The molecule has 0 aromatic carbocycles. The van der Waals surface area contributed by atoms with Gasteiger partial charge in [0.1, 0.15) is 5.76 Å². The predicted molar refractivity (Wildman–Crippen MR) is 34.5 cm³/mol. The lowest BCUT2D eigenvalue weighted by molar-refractivity contribution is -0.121. The third-order valence-electron chi connectivity index (χ3n) is 0.627. The Balaban J connectivity index is 3.39. The fraction of sp³-hybridized carbons (Fsp3) is 0.167. The van der Waals surface area contributed by atoms with E-state index in [0.29, 0.717) is 5.76 Å². The Morgan fingerprint density at radius 3 is 2.67 bits per heavy atom. The van der Waals surface area contributed by atoms with Gasteiger partial charge in [0.05, 0.1) is 0 Å². The van der Waals surface area contributed by atoms with Gasteiger partial charge in [0.25, 0.3) is 5.91 Å². The molecule has 0 aromatic heterocycles. The Morgan fingerprint density at radius 1 is 1.78 bits per heavy atom. The summed E-state index contributed by atoms with van der Waals surface area (Å²) >= 11 is 0. The second-order valence-electron chi connectivity index (χ2n) is 1.43. The average Bonchev–Trinajstić information content (AvgIpc) is 1.83. The number of nitrogens with two attached hydrogens (primary N) is 1. The lowest BCUT2D eigenvalue weighted by Crippen LogP contribution is -2.17. The molecule has 9 heavy (non-hydrogen) atoms. The summed E-state index contributed by atoms with van der Waals surface area (Å²) in [6.07, 6.45) is 1.41. The molecule has 3 nitrogen and oxygen atoms in total. The molecular formula is C6H9NO2. The summed E-state index contributed by atoms with van der Waals surface area (Å²) in [6.45, 7) is 6.62. The Bertz CT molecular complexity index is 140. The van der Waals surface area contributed by atoms with Crippen LogP contribution in [0.4, 0.5) is 0 Å². The van der Waals surface area contributed by atoms with E-state index in [-0.39, 0.29) is 6.61 Å². The molecule has 0 heterocycles. The van der Waals surface area contributed by atoms with Gasteiger partial charge < -0.3 is 10.5 Å². The van der Waals surface area contributed by atoms with Gasteiger partial charge in [-0.05, 0) is 6.08 Å². The second kappa shape index (κ2) is 3.72. The zero-order chi connectivity index (χ0) is 7.28. The first-order valence-electron chi connectivity index (χ1n) is 2.39. The Morgan fingerprint density at radius 2 is 2.33 bits per heavy atom. The molecule has 0 saturated heterocycles. The maximum Gasteiger partial charge on any atom is 0.255 e. The second-order valence-corrected chi connectivity index (χ2v) is 1.43. The topological polar surface area (TPSA) is 52.3 Å². The normalized spacial score (nSPS) is 8.00. The molecule has 0 aliphatic rings. The average molecular weight is 127 g/mol. The molecule has 0 aliphatic carbocycles. The lowest BCUT2D eigenvalue weighted by Gasteiger charge is -1.99. The van der Waals surface area contributed by atoms with E-state index >= 15 is 0 Å². The Hall–Kier alpha value is -1.25. The minimum absolute atomic E-state index is 0.134. The van der Waals surface area contributed by atoms with Crippen LogP contribution in [0.2, 0.25) is 0 Å². The van der Waals surface area contributed by atoms with Gasteiger partial charge in [-0.3, -0.25) is 4.79 Å². The molecule has 3 heteroatoms. The van der Waals surface area contributed by atoms with Gasteiger partial charge in [0.2, 0.25) is 0 Å². The molecule has 2 N–H and O–H groups in total. The van der Waals surface area contributed by atoms with Gasteiger partial charge in [-0.15, -0.1) is 0 Å². The molecule has 0 saturated carbocycles.